The van der Waals surface area contributed by atoms with Gasteiger partial charge in [0.05, 0.1) is 18.6 Å². The van der Waals surface area contributed by atoms with Crippen molar-refractivity contribution < 1.29 is 20.1 Å². The van der Waals surface area contributed by atoms with Gasteiger partial charge < -0.3 is 15.3 Å². The quantitative estimate of drug-likeness (QED) is 0.428. The van der Waals surface area contributed by atoms with Gasteiger partial charge in [0.2, 0.25) is 0 Å². The molecular weight excluding hydrogens is 256 g/mol. The van der Waals surface area contributed by atoms with Crippen molar-refractivity contribution in [3.05, 3.63) is 0 Å². The highest BCUT2D eigenvalue weighted by molar-refractivity contribution is 5.67. The summed E-state index contributed by atoms with van der Waals surface area (Å²) in [4.78, 5) is 10.4. The van der Waals surface area contributed by atoms with Crippen LogP contribution in [0, 0.1) is 0 Å². The van der Waals surface area contributed by atoms with Crippen LogP contribution >= 0.6 is 0 Å². The molecule has 0 aromatic rings. The first kappa shape index (κ1) is 19.4. The minimum absolute atomic E-state index is 0.132. The second-order valence-electron chi connectivity index (χ2n) is 5.86. The third-order valence-corrected chi connectivity index (χ3v) is 3.57. The number of hydrogen-bond donors (Lipinski definition) is 3. The molecule has 0 fully saturated rings. The molecule has 0 aromatic carbocycles. The van der Waals surface area contributed by atoms with E-state index >= 15 is 0 Å². The Morgan fingerprint density at radius 1 is 0.800 bits per heavy atom. The highest BCUT2D eigenvalue weighted by Crippen LogP contribution is 2.13. The number of hydrogen-bond acceptors (Lipinski definition) is 3. The van der Waals surface area contributed by atoms with Crippen LogP contribution in [0.3, 0.4) is 0 Å². The Labute approximate surface area is 123 Å². The molecule has 0 heterocycles. The lowest BCUT2D eigenvalue weighted by Crippen LogP contribution is -2.12. The van der Waals surface area contributed by atoms with Gasteiger partial charge >= 0.3 is 5.97 Å². The van der Waals surface area contributed by atoms with Gasteiger partial charge in [-0.2, -0.15) is 0 Å². The lowest BCUT2D eigenvalue weighted by molar-refractivity contribution is -0.139. The smallest absolute Gasteiger partial charge is 0.305 e. The third kappa shape index (κ3) is 15.4. The van der Waals surface area contributed by atoms with E-state index in [9.17, 15) is 9.90 Å². The molecule has 0 bridgehead atoms. The number of rotatable bonds is 14. The first-order valence-corrected chi connectivity index (χ1v) is 8.10. The second kappa shape index (κ2) is 13.4. The molecule has 0 amide bonds. The zero-order valence-corrected chi connectivity index (χ0v) is 12.9. The SMILES string of the molecule is C[C@H](O)CCCCCCCCCCC[C@H](O)CC(=O)O. The lowest BCUT2D eigenvalue weighted by Gasteiger charge is -2.07. The molecule has 0 saturated carbocycles. The van der Waals surface area contributed by atoms with Crippen molar-refractivity contribution in [3.8, 4) is 0 Å². The van der Waals surface area contributed by atoms with Gasteiger partial charge in [-0.15, -0.1) is 0 Å². The fourth-order valence-electron chi connectivity index (χ4n) is 2.36. The molecule has 120 valence electrons. The summed E-state index contributed by atoms with van der Waals surface area (Å²) in [6.45, 7) is 1.84. The highest BCUT2D eigenvalue weighted by atomic mass is 16.4. The molecule has 0 spiro atoms. The molecule has 0 aliphatic carbocycles. The molecular formula is C16H32O4. The van der Waals surface area contributed by atoms with Crippen LogP contribution in [-0.2, 0) is 4.79 Å². The minimum Gasteiger partial charge on any atom is -0.481 e. The van der Waals surface area contributed by atoms with Gasteiger partial charge in [-0.3, -0.25) is 4.79 Å². The van der Waals surface area contributed by atoms with Gasteiger partial charge in [0.25, 0.3) is 0 Å². The summed E-state index contributed by atoms with van der Waals surface area (Å²) >= 11 is 0. The van der Waals surface area contributed by atoms with Crippen molar-refractivity contribution in [3.63, 3.8) is 0 Å². The molecule has 0 aromatic heterocycles. The van der Waals surface area contributed by atoms with E-state index in [0.29, 0.717) is 6.42 Å². The Balaban J connectivity index is 3.11. The molecule has 0 unspecified atom stereocenters. The Bertz CT molecular complexity index is 229. The molecule has 3 N–H and O–H groups in total. The number of carboxylic acid groups (broad SMARTS) is 1. The van der Waals surface area contributed by atoms with E-state index in [1.54, 1.807) is 0 Å². The van der Waals surface area contributed by atoms with E-state index in [1.807, 2.05) is 6.92 Å². The second-order valence-corrected chi connectivity index (χ2v) is 5.86. The van der Waals surface area contributed by atoms with E-state index in [4.69, 9.17) is 10.2 Å². The van der Waals surface area contributed by atoms with Crippen LogP contribution in [0.25, 0.3) is 0 Å². The van der Waals surface area contributed by atoms with E-state index < -0.39 is 12.1 Å². The number of carbonyl (C=O) groups is 1. The van der Waals surface area contributed by atoms with Crippen LogP contribution in [0.5, 0.6) is 0 Å². The normalized spacial score (nSPS) is 14.2. The summed E-state index contributed by atoms with van der Waals surface area (Å²) < 4.78 is 0. The molecule has 0 aliphatic rings. The molecule has 4 heteroatoms. The number of unbranched alkanes of at least 4 members (excludes halogenated alkanes) is 8. The average molecular weight is 288 g/mol. The fraction of sp³-hybridized carbons (Fsp3) is 0.938. The van der Waals surface area contributed by atoms with Gasteiger partial charge in [0, 0.05) is 0 Å². The van der Waals surface area contributed by atoms with E-state index in [-0.39, 0.29) is 12.5 Å². The fourth-order valence-corrected chi connectivity index (χ4v) is 2.36. The Morgan fingerprint density at radius 2 is 1.20 bits per heavy atom. The highest BCUT2D eigenvalue weighted by Gasteiger charge is 2.08. The molecule has 0 radical (unpaired) electrons. The van der Waals surface area contributed by atoms with Crippen LogP contribution in [-0.4, -0.2) is 33.5 Å². The summed E-state index contributed by atoms with van der Waals surface area (Å²) in [5.74, 6) is -0.923. The first-order chi connectivity index (χ1) is 9.52. The van der Waals surface area contributed by atoms with E-state index in [2.05, 4.69) is 0 Å². The zero-order chi connectivity index (χ0) is 15.2. The van der Waals surface area contributed by atoms with Gasteiger partial charge in [-0.05, 0) is 19.8 Å². The maximum absolute atomic E-state index is 10.4. The Kier molecular flexibility index (Phi) is 13.0. The molecule has 2 atom stereocenters. The van der Waals surface area contributed by atoms with Crippen LogP contribution in [0.1, 0.15) is 84.0 Å². The largest absolute Gasteiger partial charge is 0.481 e. The first-order valence-electron chi connectivity index (χ1n) is 8.10. The van der Waals surface area contributed by atoms with Gasteiger partial charge in [-0.1, -0.05) is 57.8 Å². The van der Waals surface area contributed by atoms with Crippen molar-refractivity contribution >= 4 is 5.97 Å². The number of carboxylic acids is 1. The van der Waals surface area contributed by atoms with Crippen molar-refractivity contribution in [2.75, 3.05) is 0 Å². The summed E-state index contributed by atoms with van der Waals surface area (Å²) in [5.41, 5.74) is 0. The summed E-state index contributed by atoms with van der Waals surface area (Å²) in [7, 11) is 0. The standard InChI is InChI=1S/C16H32O4/c1-14(17)11-9-7-5-3-2-4-6-8-10-12-15(18)13-16(19)20/h14-15,17-18H,2-13H2,1H3,(H,19,20)/t14-,15-/m0/s1. The van der Waals surface area contributed by atoms with E-state index in [1.165, 1.54) is 38.5 Å². The molecule has 0 saturated heterocycles. The van der Waals surface area contributed by atoms with Crippen LogP contribution in [0.15, 0.2) is 0 Å². The summed E-state index contributed by atoms with van der Waals surface area (Å²) in [5, 5.41) is 27.0. The van der Waals surface area contributed by atoms with Crippen LogP contribution in [0.2, 0.25) is 0 Å². The summed E-state index contributed by atoms with van der Waals surface area (Å²) in [6.07, 6.45) is 11.1. The van der Waals surface area contributed by atoms with Crippen molar-refractivity contribution in [2.24, 2.45) is 0 Å². The number of aliphatic hydroxyl groups excluding tert-OH is 2. The van der Waals surface area contributed by atoms with Crippen molar-refractivity contribution in [2.45, 2.75) is 96.2 Å². The number of aliphatic hydroxyl groups is 2. The molecule has 0 rings (SSSR count). The average Bonchev–Trinajstić information content (AvgIpc) is 2.34. The topological polar surface area (TPSA) is 77.8 Å². The van der Waals surface area contributed by atoms with Gasteiger partial charge in [-0.25, -0.2) is 0 Å². The van der Waals surface area contributed by atoms with Crippen LogP contribution in [0.4, 0.5) is 0 Å². The van der Waals surface area contributed by atoms with Crippen LogP contribution < -0.4 is 0 Å². The molecule has 0 aliphatic heterocycles. The van der Waals surface area contributed by atoms with E-state index in [0.717, 1.165) is 25.7 Å². The summed E-state index contributed by atoms with van der Waals surface area (Å²) in [6, 6.07) is 0. The third-order valence-electron chi connectivity index (χ3n) is 3.57. The van der Waals surface area contributed by atoms with Gasteiger partial charge in [0.1, 0.15) is 0 Å². The minimum atomic E-state index is -0.923. The Hall–Kier alpha value is -0.610. The molecule has 20 heavy (non-hydrogen) atoms. The molecule has 4 nitrogen and oxygen atoms in total. The maximum atomic E-state index is 10.4. The Morgan fingerprint density at radius 3 is 1.60 bits per heavy atom. The van der Waals surface area contributed by atoms with Gasteiger partial charge in [0.15, 0.2) is 0 Å². The zero-order valence-electron chi connectivity index (χ0n) is 12.9. The monoisotopic (exact) mass is 288 g/mol. The number of aliphatic carboxylic acids is 1. The maximum Gasteiger partial charge on any atom is 0.305 e. The predicted octanol–water partition coefficient (Wildman–Crippen LogP) is 3.49. The predicted molar refractivity (Wildman–Crippen MR) is 80.7 cm³/mol. The van der Waals surface area contributed by atoms with Crippen molar-refractivity contribution in [1.82, 2.24) is 0 Å². The van der Waals surface area contributed by atoms with Crippen molar-refractivity contribution in [1.29, 1.82) is 0 Å². The lowest BCUT2D eigenvalue weighted by atomic mass is 10.0.